The second kappa shape index (κ2) is 7.72. The van der Waals surface area contributed by atoms with E-state index < -0.39 is 5.97 Å². The number of fused-ring (bicyclic) bond motifs is 1. The number of ether oxygens (including phenoxy) is 1. The first-order valence-electron chi connectivity index (χ1n) is 9.00. The van der Waals surface area contributed by atoms with Crippen LogP contribution in [0.25, 0.3) is 11.0 Å². The van der Waals surface area contributed by atoms with Gasteiger partial charge in [-0.1, -0.05) is 18.6 Å². The van der Waals surface area contributed by atoms with Crippen molar-refractivity contribution in [2.24, 2.45) is 0 Å². The van der Waals surface area contributed by atoms with Gasteiger partial charge in [-0.3, -0.25) is 9.59 Å². The lowest BCUT2D eigenvalue weighted by atomic mass is 10.00. The summed E-state index contributed by atoms with van der Waals surface area (Å²) >= 11 is 0. The highest BCUT2D eigenvalue weighted by molar-refractivity contribution is 5.90. The summed E-state index contributed by atoms with van der Waals surface area (Å²) in [6, 6.07) is 6.47. The molecule has 0 aliphatic carbocycles. The molecule has 0 unspecified atom stereocenters. The summed E-state index contributed by atoms with van der Waals surface area (Å²) in [6.07, 6.45) is 3.95. The maximum Gasteiger partial charge on any atom is 0.374 e. The van der Waals surface area contributed by atoms with Crippen molar-refractivity contribution in [2.45, 2.75) is 45.6 Å². The third kappa shape index (κ3) is 3.79. The highest BCUT2D eigenvalue weighted by Gasteiger charge is 2.26. The van der Waals surface area contributed by atoms with Crippen LogP contribution in [0, 0.1) is 6.92 Å². The monoisotopic (exact) mass is 357 g/mol. The first-order chi connectivity index (χ1) is 12.5. The number of carbonyl (C=O) groups is 2. The molecule has 6 nitrogen and oxygen atoms in total. The minimum atomic E-state index is -0.803. The van der Waals surface area contributed by atoms with Crippen LogP contribution in [-0.2, 0) is 9.53 Å². The highest BCUT2D eigenvalue weighted by Crippen LogP contribution is 2.20. The van der Waals surface area contributed by atoms with Crippen molar-refractivity contribution in [3.05, 3.63) is 45.8 Å². The Hall–Kier alpha value is -2.63. The minimum absolute atomic E-state index is 0.190. The molecule has 6 heteroatoms. The molecule has 1 atom stereocenters. The van der Waals surface area contributed by atoms with Gasteiger partial charge in [0.05, 0.1) is 5.39 Å². The van der Waals surface area contributed by atoms with Crippen LogP contribution < -0.4 is 5.43 Å². The number of benzene rings is 1. The van der Waals surface area contributed by atoms with Crippen LogP contribution in [0.15, 0.2) is 33.5 Å². The lowest BCUT2D eigenvalue weighted by molar-refractivity contribution is -0.138. The molecule has 1 aliphatic rings. The number of hydrogen-bond donors (Lipinski definition) is 0. The topological polar surface area (TPSA) is 76.8 Å². The molecule has 2 aromatic rings. The molecule has 0 spiro atoms. The lowest BCUT2D eigenvalue weighted by Crippen LogP contribution is -2.45. The second-order valence-corrected chi connectivity index (χ2v) is 6.70. The maximum atomic E-state index is 12.4. The van der Waals surface area contributed by atoms with Crippen molar-refractivity contribution in [2.75, 3.05) is 13.2 Å². The van der Waals surface area contributed by atoms with Gasteiger partial charge in [-0.15, -0.1) is 0 Å². The smallest absolute Gasteiger partial charge is 0.374 e. The van der Waals surface area contributed by atoms with Gasteiger partial charge in [-0.25, -0.2) is 4.79 Å². The number of aryl methyl sites for hydroxylation is 1. The number of piperidine rings is 1. The van der Waals surface area contributed by atoms with Gasteiger partial charge in [0.25, 0.3) is 5.91 Å². The van der Waals surface area contributed by atoms with Crippen LogP contribution >= 0.6 is 0 Å². The first-order valence-corrected chi connectivity index (χ1v) is 9.00. The van der Waals surface area contributed by atoms with E-state index in [1.165, 1.54) is 0 Å². The average molecular weight is 357 g/mol. The van der Waals surface area contributed by atoms with E-state index in [1.807, 2.05) is 13.8 Å². The molecule has 0 saturated carbocycles. The normalized spacial score (nSPS) is 17.3. The molecular weight excluding hydrogens is 334 g/mol. The fourth-order valence-corrected chi connectivity index (χ4v) is 3.41. The molecule has 2 heterocycles. The zero-order valence-electron chi connectivity index (χ0n) is 15.1. The molecule has 0 radical (unpaired) electrons. The third-order valence-electron chi connectivity index (χ3n) is 4.83. The van der Waals surface area contributed by atoms with Crippen molar-refractivity contribution in [1.29, 1.82) is 0 Å². The van der Waals surface area contributed by atoms with Crippen molar-refractivity contribution in [3.8, 4) is 0 Å². The van der Waals surface area contributed by atoms with Crippen LogP contribution in [0.1, 0.15) is 48.7 Å². The Kier molecular flexibility index (Phi) is 5.40. The SMILES string of the molecule is CC[C@H]1CCCCN1C(=O)COC(=O)c1cc(=O)c2cc(C)ccc2o1. The average Bonchev–Trinajstić information content (AvgIpc) is 2.66. The molecule has 0 N–H and O–H groups in total. The van der Waals surface area contributed by atoms with Crippen LogP contribution in [0.4, 0.5) is 0 Å². The Bertz CT molecular complexity index is 885. The predicted molar refractivity (Wildman–Crippen MR) is 97.1 cm³/mol. The standard InChI is InChI=1S/C20H23NO5/c1-3-14-6-4-5-9-21(14)19(23)12-25-20(24)18-11-16(22)15-10-13(2)7-8-17(15)26-18/h7-8,10-11,14H,3-6,9,12H2,1-2H3/t14-/m0/s1. The van der Waals surface area contributed by atoms with Gasteiger partial charge in [-0.05, 0) is 44.7 Å². The number of nitrogens with zero attached hydrogens (tertiary/aromatic N) is 1. The highest BCUT2D eigenvalue weighted by atomic mass is 16.5. The summed E-state index contributed by atoms with van der Waals surface area (Å²) < 4.78 is 10.6. The molecule has 1 amide bonds. The van der Waals surface area contributed by atoms with E-state index in [2.05, 4.69) is 0 Å². The van der Waals surface area contributed by atoms with E-state index in [4.69, 9.17) is 9.15 Å². The van der Waals surface area contributed by atoms with E-state index in [9.17, 15) is 14.4 Å². The zero-order valence-corrected chi connectivity index (χ0v) is 15.1. The van der Waals surface area contributed by atoms with Gasteiger partial charge < -0.3 is 14.1 Å². The molecule has 0 bridgehead atoms. The molecule has 138 valence electrons. The molecule has 1 aromatic carbocycles. The summed E-state index contributed by atoms with van der Waals surface area (Å²) in [5, 5.41) is 0.414. The Morgan fingerprint density at radius 3 is 2.85 bits per heavy atom. The third-order valence-corrected chi connectivity index (χ3v) is 4.83. The second-order valence-electron chi connectivity index (χ2n) is 6.70. The fourth-order valence-electron chi connectivity index (χ4n) is 3.41. The Morgan fingerprint density at radius 1 is 1.27 bits per heavy atom. The largest absolute Gasteiger partial charge is 0.450 e. The molecule has 26 heavy (non-hydrogen) atoms. The van der Waals surface area contributed by atoms with Crippen molar-refractivity contribution in [1.82, 2.24) is 4.90 Å². The summed E-state index contributed by atoms with van der Waals surface area (Å²) in [6.45, 7) is 4.27. The molecule has 1 aliphatic heterocycles. The van der Waals surface area contributed by atoms with Gasteiger partial charge in [0.1, 0.15) is 5.58 Å². The number of carbonyl (C=O) groups excluding carboxylic acids is 2. The molecule has 1 aromatic heterocycles. The van der Waals surface area contributed by atoms with Gasteiger partial charge in [0.2, 0.25) is 5.76 Å². The van der Waals surface area contributed by atoms with Gasteiger partial charge in [0.15, 0.2) is 12.0 Å². The maximum absolute atomic E-state index is 12.4. The predicted octanol–water partition coefficient (Wildman–Crippen LogP) is 3.05. The summed E-state index contributed by atoms with van der Waals surface area (Å²) in [7, 11) is 0. The Morgan fingerprint density at radius 2 is 2.08 bits per heavy atom. The number of amides is 1. The van der Waals surface area contributed by atoms with E-state index in [-0.39, 0.29) is 29.7 Å². The zero-order chi connectivity index (χ0) is 18.7. The van der Waals surface area contributed by atoms with Gasteiger partial charge in [-0.2, -0.15) is 0 Å². The first kappa shape index (κ1) is 18.2. The van der Waals surface area contributed by atoms with E-state index in [0.29, 0.717) is 17.5 Å². The molecule has 1 fully saturated rings. The number of esters is 1. The van der Waals surface area contributed by atoms with E-state index in [1.54, 1.807) is 23.1 Å². The van der Waals surface area contributed by atoms with Crippen LogP contribution in [-0.4, -0.2) is 36.0 Å². The number of likely N-dealkylation sites (tertiary alicyclic amines) is 1. The van der Waals surface area contributed by atoms with E-state index in [0.717, 1.165) is 37.3 Å². The Labute approximate surface area is 151 Å². The number of rotatable bonds is 4. The fraction of sp³-hybridized carbons (Fsp3) is 0.450. The Balaban J connectivity index is 1.70. The summed E-state index contributed by atoms with van der Waals surface area (Å²) in [5.74, 6) is -1.20. The van der Waals surface area contributed by atoms with Crippen molar-refractivity contribution in [3.63, 3.8) is 0 Å². The minimum Gasteiger partial charge on any atom is -0.450 e. The van der Waals surface area contributed by atoms with Gasteiger partial charge in [0, 0.05) is 18.7 Å². The van der Waals surface area contributed by atoms with Crippen molar-refractivity contribution >= 4 is 22.8 Å². The van der Waals surface area contributed by atoms with Crippen molar-refractivity contribution < 1.29 is 18.7 Å². The summed E-state index contributed by atoms with van der Waals surface area (Å²) in [5.41, 5.74) is 0.941. The van der Waals surface area contributed by atoms with Crippen LogP contribution in [0.5, 0.6) is 0 Å². The number of hydrogen-bond acceptors (Lipinski definition) is 5. The van der Waals surface area contributed by atoms with Crippen LogP contribution in [0.3, 0.4) is 0 Å². The molecule has 3 rings (SSSR count). The molecular formula is C20H23NO5. The lowest BCUT2D eigenvalue weighted by Gasteiger charge is -2.35. The quantitative estimate of drug-likeness (QED) is 0.786. The van der Waals surface area contributed by atoms with Crippen LogP contribution in [0.2, 0.25) is 0 Å². The van der Waals surface area contributed by atoms with E-state index >= 15 is 0 Å². The van der Waals surface area contributed by atoms with Gasteiger partial charge >= 0.3 is 5.97 Å². The molecule has 1 saturated heterocycles. The summed E-state index contributed by atoms with van der Waals surface area (Å²) in [4.78, 5) is 38.6.